The zero-order valence-electron chi connectivity index (χ0n) is 15.5. The molecule has 0 bridgehead atoms. The number of carbonyl (C=O) groups is 2. The van der Waals surface area contributed by atoms with Gasteiger partial charge in [0, 0.05) is 19.0 Å². The van der Waals surface area contributed by atoms with E-state index in [1.807, 2.05) is 37.3 Å². The molecule has 5 heteroatoms. The number of carbonyl (C=O) groups excluding carboxylic acids is 2. The Morgan fingerprint density at radius 2 is 1.81 bits per heavy atom. The van der Waals surface area contributed by atoms with Crippen molar-refractivity contribution in [3.05, 3.63) is 71.5 Å². The summed E-state index contributed by atoms with van der Waals surface area (Å²) in [5.74, 6) is -0.377. The van der Waals surface area contributed by atoms with Crippen LogP contribution in [-0.2, 0) is 16.0 Å². The molecule has 0 radical (unpaired) electrons. The minimum Gasteiger partial charge on any atom is -0.349 e. The van der Waals surface area contributed by atoms with Gasteiger partial charge in [0.1, 0.15) is 5.82 Å². The van der Waals surface area contributed by atoms with E-state index in [4.69, 9.17) is 0 Å². The third-order valence-corrected chi connectivity index (χ3v) is 5.12. The molecule has 1 aliphatic heterocycles. The van der Waals surface area contributed by atoms with Crippen molar-refractivity contribution in [1.82, 2.24) is 10.2 Å². The molecule has 2 amide bonds. The topological polar surface area (TPSA) is 49.4 Å². The van der Waals surface area contributed by atoms with E-state index in [0.29, 0.717) is 31.5 Å². The van der Waals surface area contributed by atoms with Crippen LogP contribution in [0.1, 0.15) is 36.9 Å². The standard InChI is InChI=1S/C22H25FN2O2/c1-16(18-7-3-2-4-8-18)24-22(27)19-10-12-25(13-11-19)21(26)15-17-6-5-9-20(23)14-17/h2-9,14,16,19H,10-13,15H2,1H3,(H,24,27). The van der Waals surface area contributed by atoms with Crippen molar-refractivity contribution in [1.29, 1.82) is 0 Å². The third kappa shape index (κ3) is 5.16. The fourth-order valence-corrected chi connectivity index (χ4v) is 3.48. The molecule has 1 fully saturated rings. The van der Waals surface area contributed by atoms with Gasteiger partial charge in [0.2, 0.25) is 11.8 Å². The van der Waals surface area contributed by atoms with Crippen molar-refractivity contribution in [2.75, 3.05) is 13.1 Å². The summed E-state index contributed by atoms with van der Waals surface area (Å²) in [5, 5.41) is 3.07. The van der Waals surface area contributed by atoms with Crippen molar-refractivity contribution in [2.45, 2.75) is 32.2 Å². The van der Waals surface area contributed by atoms with Crippen LogP contribution in [0.2, 0.25) is 0 Å². The molecule has 0 spiro atoms. The van der Waals surface area contributed by atoms with Crippen LogP contribution in [-0.4, -0.2) is 29.8 Å². The van der Waals surface area contributed by atoms with Crippen LogP contribution < -0.4 is 5.32 Å². The Morgan fingerprint density at radius 3 is 2.48 bits per heavy atom. The predicted molar refractivity (Wildman–Crippen MR) is 102 cm³/mol. The van der Waals surface area contributed by atoms with Gasteiger partial charge in [-0.15, -0.1) is 0 Å². The van der Waals surface area contributed by atoms with Crippen molar-refractivity contribution in [3.8, 4) is 0 Å². The summed E-state index contributed by atoms with van der Waals surface area (Å²) in [4.78, 5) is 26.7. The molecular formula is C22H25FN2O2. The summed E-state index contributed by atoms with van der Waals surface area (Å²) in [6, 6.07) is 16.0. The van der Waals surface area contributed by atoms with Gasteiger partial charge in [-0.2, -0.15) is 0 Å². The van der Waals surface area contributed by atoms with Gasteiger partial charge in [0.15, 0.2) is 0 Å². The second kappa shape index (κ2) is 8.80. The highest BCUT2D eigenvalue weighted by atomic mass is 19.1. The zero-order chi connectivity index (χ0) is 19.2. The summed E-state index contributed by atoms with van der Waals surface area (Å²) >= 11 is 0. The predicted octanol–water partition coefficient (Wildman–Crippen LogP) is 3.48. The van der Waals surface area contributed by atoms with E-state index in [1.165, 1.54) is 12.1 Å². The van der Waals surface area contributed by atoms with Gasteiger partial charge in [0.05, 0.1) is 12.5 Å². The number of piperidine rings is 1. The lowest BCUT2D eigenvalue weighted by molar-refractivity contribution is -0.135. The summed E-state index contributed by atoms with van der Waals surface area (Å²) in [5.41, 5.74) is 1.75. The number of benzene rings is 2. The molecular weight excluding hydrogens is 343 g/mol. The molecule has 0 saturated carbocycles. The van der Waals surface area contributed by atoms with Gasteiger partial charge in [-0.1, -0.05) is 42.5 Å². The minimum atomic E-state index is -0.330. The first kappa shape index (κ1) is 19.1. The van der Waals surface area contributed by atoms with Crippen molar-refractivity contribution in [2.24, 2.45) is 5.92 Å². The first-order valence-electron chi connectivity index (χ1n) is 9.40. The first-order chi connectivity index (χ1) is 13.0. The zero-order valence-corrected chi connectivity index (χ0v) is 15.5. The van der Waals surface area contributed by atoms with Gasteiger partial charge in [0.25, 0.3) is 0 Å². The monoisotopic (exact) mass is 368 g/mol. The summed E-state index contributed by atoms with van der Waals surface area (Å²) in [6.07, 6.45) is 1.50. The average molecular weight is 368 g/mol. The van der Waals surface area contributed by atoms with Crippen LogP contribution in [0.3, 0.4) is 0 Å². The SMILES string of the molecule is CC(NC(=O)C1CCN(C(=O)Cc2cccc(F)c2)CC1)c1ccccc1. The number of amides is 2. The quantitative estimate of drug-likeness (QED) is 0.878. The van der Waals surface area contributed by atoms with Crippen LogP contribution in [0.4, 0.5) is 4.39 Å². The van der Waals surface area contributed by atoms with Crippen molar-refractivity contribution < 1.29 is 14.0 Å². The Hall–Kier alpha value is -2.69. The van der Waals surface area contributed by atoms with E-state index in [-0.39, 0.29) is 36.0 Å². The van der Waals surface area contributed by atoms with E-state index >= 15 is 0 Å². The van der Waals surface area contributed by atoms with E-state index in [1.54, 1.807) is 17.0 Å². The molecule has 1 atom stereocenters. The highest BCUT2D eigenvalue weighted by Crippen LogP contribution is 2.20. The summed E-state index contributed by atoms with van der Waals surface area (Å²) in [6.45, 7) is 3.10. The fraction of sp³-hybridized carbons (Fsp3) is 0.364. The Labute approximate surface area is 159 Å². The number of hydrogen-bond donors (Lipinski definition) is 1. The van der Waals surface area contributed by atoms with Crippen LogP contribution in [0.5, 0.6) is 0 Å². The molecule has 142 valence electrons. The number of likely N-dealkylation sites (tertiary alicyclic amines) is 1. The smallest absolute Gasteiger partial charge is 0.226 e. The van der Waals surface area contributed by atoms with Crippen molar-refractivity contribution in [3.63, 3.8) is 0 Å². The normalized spacial score (nSPS) is 16.0. The number of nitrogens with zero attached hydrogens (tertiary/aromatic N) is 1. The fourth-order valence-electron chi connectivity index (χ4n) is 3.48. The van der Waals surface area contributed by atoms with Gasteiger partial charge in [-0.05, 0) is 43.0 Å². The van der Waals surface area contributed by atoms with Gasteiger partial charge >= 0.3 is 0 Å². The van der Waals surface area contributed by atoms with Crippen molar-refractivity contribution >= 4 is 11.8 Å². The third-order valence-electron chi connectivity index (χ3n) is 5.12. The highest BCUT2D eigenvalue weighted by Gasteiger charge is 2.28. The van der Waals surface area contributed by atoms with Crippen LogP contribution in [0, 0.1) is 11.7 Å². The molecule has 2 aromatic carbocycles. The first-order valence-corrected chi connectivity index (χ1v) is 9.40. The molecule has 1 unspecified atom stereocenters. The van der Waals surface area contributed by atoms with Gasteiger partial charge in [-0.3, -0.25) is 9.59 Å². The largest absolute Gasteiger partial charge is 0.349 e. The number of halogens is 1. The molecule has 1 saturated heterocycles. The van der Waals surface area contributed by atoms with E-state index < -0.39 is 0 Å². The van der Waals surface area contributed by atoms with Gasteiger partial charge < -0.3 is 10.2 Å². The molecule has 1 aliphatic rings. The number of hydrogen-bond acceptors (Lipinski definition) is 2. The molecule has 1 N–H and O–H groups in total. The second-order valence-corrected chi connectivity index (χ2v) is 7.10. The molecule has 27 heavy (non-hydrogen) atoms. The molecule has 0 aromatic heterocycles. The average Bonchev–Trinajstić information content (AvgIpc) is 2.68. The van der Waals surface area contributed by atoms with E-state index in [2.05, 4.69) is 5.32 Å². The van der Waals surface area contributed by atoms with E-state index in [0.717, 1.165) is 5.56 Å². The number of rotatable bonds is 5. The maximum Gasteiger partial charge on any atom is 0.226 e. The van der Waals surface area contributed by atoms with Crippen LogP contribution >= 0.6 is 0 Å². The molecule has 0 aliphatic carbocycles. The molecule has 4 nitrogen and oxygen atoms in total. The van der Waals surface area contributed by atoms with E-state index in [9.17, 15) is 14.0 Å². The maximum absolute atomic E-state index is 13.3. The Bertz CT molecular complexity index is 786. The Kier molecular flexibility index (Phi) is 6.22. The van der Waals surface area contributed by atoms with Crippen LogP contribution in [0.15, 0.2) is 54.6 Å². The second-order valence-electron chi connectivity index (χ2n) is 7.10. The highest BCUT2D eigenvalue weighted by molar-refractivity contribution is 5.81. The Morgan fingerprint density at radius 1 is 1.11 bits per heavy atom. The Balaban J connectivity index is 1.48. The molecule has 2 aromatic rings. The summed E-state index contributed by atoms with van der Waals surface area (Å²) < 4.78 is 13.3. The van der Waals surface area contributed by atoms with Crippen LogP contribution in [0.25, 0.3) is 0 Å². The summed E-state index contributed by atoms with van der Waals surface area (Å²) in [7, 11) is 0. The molecule has 3 rings (SSSR count). The molecule has 1 heterocycles. The van der Waals surface area contributed by atoms with Gasteiger partial charge in [-0.25, -0.2) is 4.39 Å². The number of nitrogens with one attached hydrogen (secondary N) is 1. The lowest BCUT2D eigenvalue weighted by atomic mass is 9.94. The maximum atomic E-state index is 13.3. The minimum absolute atomic E-state index is 0.0166. The lowest BCUT2D eigenvalue weighted by Crippen LogP contribution is -2.43. The lowest BCUT2D eigenvalue weighted by Gasteiger charge is -2.32.